The fraction of sp³-hybridized carbons (Fsp3) is 0.273. The number of carbonyl (C=O) groups excluding carboxylic acids is 1. The number of anilines is 1. The first-order chi connectivity index (χ1) is 13.7. The summed E-state index contributed by atoms with van der Waals surface area (Å²) < 4.78 is 5.14. The standard InChI is InChI=1S/C22H18N4O2/c1-28-19-6-4-15(12-25-19)14-3-5-17-16(11-14)20-18(13-24-17)26(10-2-9-23)21(27)22(20)7-8-22/h3-6,11-13H,2,7-8,10H2,1H3. The van der Waals surface area contributed by atoms with Crippen LogP contribution in [0.5, 0.6) is 5.88 Å². The summed E-state index contributed by atoms with van der Waals surface area (Å²) in [6.45, 7) is 0.416. The second kappa shape index (κ2) is 6.03. The highest BCUT2D eigenvalue weighted by Gasteiger charge is 2.59. The predicted octanol–water partition coefficient (Wildman–Crippen LogP) is 3.60. The van der Waals surface area contributed by atoms with Gasteiger partial charge in [0.2, 0.25) is 11.8 Å². The lowest BCUT2D eigenvalue weighted by Crippen LogP contribution is -2.32. The molecule has 1 aliphatic heterocycles. The molecule has 138 valence electrons. The average Bonchev–Trinajstić information content (AvgIpc) is 3.50. The first-order valence-corrected chi connectivity index (χ1v) is 9.30. The third-order valence-electron chi connectivity index (χ3n) is 5.75. The molecule has 1 aromatic carbocycles. The molecule has 0 atom stereocenters. The third-order valence-corrected chi connectivity index (χ3v) is 5.75. The number of fused-ring (bicyclic) bond motifs is 4. The van der Waals surface area contributed by atoms with Gasteiger partial charge in [-0.05, 0) is 36.6 Å². The van der Waals surface area contributed by atoms with E-state index in [1.165, 1.54) is 0 Å². The Morgan fingerprint density at radius 3 is 2.68 bits per heavy atom. The topological polar surface area (TPSA) is 79.1 Å². The number of rotatable bonds is 4. The molecule has 1 saturated carbocycles. The molecule has 0 unspecified atom stereocenters. The van der Waals surface area contributed by atoms with Crippen molar-refractivity contribution in [2.75, 3.05) is 18.6 Å². The molecule has 5 rings (SSSR count). The van der Waals surface area contributed by atoms with Crippen molar-refractivity contribution in [1.82, 2.24) is 9.97 Å². The van der Waals surface area contributed by atoms with E-state index in [4.69, 9.17) is 10.00 Å². The van der Waals surface area contributed by atoms with Crippen LogP contribution < -0.4 is 9.64 Å². The average molecular weight is 370 g/mol. The highest BCUT2D eigenvalue weighted by atomic mass is 16.5. The van der Waals surface area contributed by atoms with Crippen LogP contribution >= 0.6 is 0 Å². The number of aromatic nitrogens is 2. The molecule has 0 saturated heterocycles. The van der Waals surface area contributed by atoms with E-state index in [1.54, 1.807) is 24.4 Å². The lowest BCUT2D eigenvalue weighted by molar-refractivity contribution is -0.120. The number of pyridine rings is 2. The van der Waals surface area contributed by atoms with Gasteiger partial charge in [-0.3, -0.25) is 9.78 Å². The third kappa shape index (κ3) is 2.29. The number of nitriles is 1. The minimum atomic E-state index is -0.428. The molecule has 3 aromatic rings. The SMILES string of the molecule is COc1ccc(-c2ccc3ncc4c(c3c2)C2(CC2)C(=O)N4CCC#N)cn1. The van der Waals surface area contributed by atoms with Crippen molar-refractivity contribution in [1.29, 1.82) is 5.26 Å². The summed E-state index contributed by atoms with van der Waals surface area (Å²) >= 11 is 0. The maximum absolute atomic E-state index is 13.1. The highest BCUT2D eigenvalue weighted by molar-refractivity contribution is 6.14. The molecular formula is C22H18N4O2. The molecule has 1 spiro atoms. The molecule has 0 N–H and O–H groups in total. The lowest BCUT2D eigenvalue weighted by Gasteiger charge is -2.15. The number of methoxy groups -OCH3 is 1. The van der Waals surface area contributed by atoms with Crippen molar-refractivity contribution in [2.45, 2.75) is 24.7 Å². The minimum Gasteiger partial charge on any atom is -0.481 e. The summed E-state index contributed by atoms with van der Waals surface area (Å²) in [5.41, 5.74) is 4.39. The Labute approximate surface area is 162 Å². The van der Waals surface area contributed by atoms with E-state index in [-0.39, 0.29) is 5.91 Å². The van der Waals surface area contributed by atoms with Gasteiger partial charge in [0.15, 0.2) is 0 Å². The summed E-state index contributed by atoms with van der Waals surface area (Å²) in [5.74, 6) is 0.686. The monoisotopic (exact) mass is 370 g/mol. The normalized spacial score (nSPS) is 16.3. The van der Waals surface area contributed by atoms with Crippen LogP contribution in [0.1, 0.15) is 24.8 Å². The molecule has 3 heterocycles. The number of carbonyl (C=O) groups is 1. The Bertz CT molecular complexity index is 1140. The summed E-state index contributed by atoms with van der Waals surface area (Å²) in [4.78, 5) is 23.7. The fourth-order valence-corrected chi connectivity index (χ4v) is 4.19. The number of amides is 1. The first-order valence-electron chi connectivity index (χ1n) is 9.30. The van der Waals surface area contributed by atoms with Gasteiger partial charge in [-0.25, -0.2) is 4.98 Å². The highest BCUT2D eigenvalue weighted by Crippen LogP contribution is 2.59. The van der Waals surface area contributed by atoms with Gasteiger partial charge >= 0.3 is 0 Å². The van der Waals surface area contributed by atoms with Crippen molar-refractivity contribution in [2.24, 2.45) is 0 Å². The number of hydrogen-bond donors (Lipinski definition) is 0. The van der Waals surface area contributed by atoms with Gasteiger partial charge in [0.05, 0.1) is 42.4 Å². The smallest absolute Gasteiger partial charge is 0.237 e. The maximum Gasteiger partial charge on any atom is 0.237 e. The van der Waals surface area contributed by atoms with E-state index >= 15 is 0 Å². The minimum absolute atomic E-state index is 0.114. The van der Waals surface area contributed by atoms with Crippen molar-refractivity contribution < 1.29 is 9.53 Å². The number of nitrogens with zero attached hydrogens (tertiary/aromatic N) is 4. The van der Waals surface area contributed by atoms with Crippen LogP contribution in [0.15, 0.2) is 42.7 Å². The van der Waals surface area contributed by atoms with Crippen LogP contribution in [0.2, 0.25) is 0 Å². The zero-order valence-electron chi connectivity index (χ0n) is 15.5. The second-order valence-electron chi connectivity index (χ2n) is 7.29. The number of hydrogen-bond acceptors (Lipinski definition) is 5. The van der Waals surface area contributed by atoms with E-state index in [9.17, 15) is 4.79 Å². The predicted molar refractivity (Wildman–Crippen MR) is 105 cm³/mol. The molecule has 28 heavy (non-hydrogen) atoms. The summed E-state index contributed by atoms with van der Waals surface area (Å²) in [5, 5.41) is 9.97. The van der Waals surface area contributed by atoms with Gasteiger partial charge in [-0.1, -0.05) is 6.07 Å². The van der Waals surface area contributed by atoms with Crippen LogP contribution in [0.25, 0.3) is 22.0 Å². The van der Waals surface area contributed by atoms with Crippen molar-refractivity contribution in [3.05, 3.63) is 48.3 Å². The van der Waals surface area contributed by atoms with E-state index in [1.807, 2.05) is 24.3 Å². The van der Waals surface area contributed by atoms with Gasteiger partial charge in [0, 0.05) is 35.3 Å². The van der Waals surface area contributed by atoms with Crippen LogP contribution in [0.3, 0.4) is 0 Å². The molecule has 1 amide bonds. The number of benzene rings is 1. The molecule has 2 aromatic heterocycles. The Hall–Kier alpha value is -3.46. The molecule has 0 radical (unpaired) electrons. The summed E-state index contributed by atoms with van der Waals surface area (Å²) in [7, 11) is 1.59. The van der Waals surface area contributed by atoms with Crippen molar-refractivity contribution in [3.8, 4) is 23.1 Å². The summed E-state index contributed by atoms with van der Waals surface area (Å²) in [6, 6.07) is 12.1. The Kier molecular flexibility index (Phi) is 3.59. The van der Waals surface area contributed by atoms with Crippen LogP contribution in [-0.4, -0.2) is 29.5 Å². The van der Waals surface area contributed by atoms with Crippen LogP contribution in [0, 0.1) is 11.3 Å². The Balaban J connectivity index is 1.67. The number of ether oxygens (including phenoxy) is 1. The zero-order chi connectivity index (χ0) is 19.3. The quantitative estimate of drug-likeness (QED) is 0.701. The van der Waals surface area contributed by atoms with E-state index in [0.717, 1.165) is 46.1 Å². The van der Waals surface area contributed by atoms with E-state index < -0.39 is 5.41 Å². The largest absolute Gasteiger partial charge is 0.481 e. The van der Waals surface area contributed by atoms with Gasteiger partial charge in [0.25, 0.3) is 0 Å². The molecule has 0 bridgehead atoms. The Morgan fingerprint density at radius 1 is 1.18 bits per heavy atom. The van der Waals surface area contributed by atoms with Crippen molar-refractivity contribution in [3.63, 3.8) is 0 Å². The first kappa shape index (κ1) is 16.7. The van der Waals surface area contributed by atoms with Crippen LogP contribution in [0.4, 0.5) is 5.69 Å². The molecule has 1 aliphatic carbocycles. The van der Waals surface area contributed by atoms with E-state index in [2.05, 4.69) is 22.1 Å². The molecule has 1 fully saturated rings. The fourth-order valence-electron chi connectivity index (χ4n) is 4.19. The molecule has 6 nitrogen and oxygen atoms in total. The lowest BCUT2D eigenvalue weighted by atomic mass is 9.92. The molecular weight excluding hydrogens is 352 g/mol. The van der Waals surface area contributed by atoms with E-state index in [0.29, 0.717) is 18.8 Å². The summed E-state index contributed by atoms with van der Waals surface area (Å²) in [6.07, 6.45) is 5.60. The van der Waals surface area contributed by atoms with Gasteiger partial charge < -0.3 is 9.64 Å². The zero-order valence-corrected chi connectivity index (χ0v) is 15.5. The van der Waals surface area contributed by atoms with Gasteiger partial charge in [-0.2, -0.15) is 5.26 Å². The Morgan fingerprint density at radius 2 is 2.00 bits per heavy atom. The van der Waals surface area contributed by atoms with Crippen LogP contribution in [-0.2, 0) is 10.2 Å². The second-order valence-corrected chi connectivity index (χ2v) is 7.29. The van der Waals surface area contributed by atoms with Crippen molar-refractivity contribution >= 4 is 22.5 Å². The van der Waals surface area contributed by atoms with Gasteiger partial charge in [-0.15, -0.1) is 0 Å². The van der Waals surface area contributed by atoms with Gasteiger partial charge in [0.1, 0.15) is 0 Å². The molecule has 2 aliphatic rings. The molecule has 6 heteroatoms. The maximum atomic E-state index is 13.1.